The number of nitrogens with one attached hydrogen (secondary N) is 1. The molecule has 1 aliphatic rings. The molecule has 1 fully saturated rings. The Morgan fingerprint density at radius 3 is 2.32 bits per heavy atom. The first-order chi connectivity index (χ1) is 8.57. The van der Waals surface area contributed by atoms with Crippen molar-refractivity contribution in [1.29, 1.82) is 0 Å². The molecule has 0 aromatic heterocycles. The van der Waals surface area contributed by atoms with E-state index in [2.05, 4.69) is 65.9 Å². The third-order valence-electron chi connectivity index (χ3n) is 4.80. The number of hydrogen-bond acceptors (Lipinski definition) is 3. The molecule has 1 aliphatic carbocycles. The zero-order chi connectivity index (χ0) is 14.8. The van der Waals surface area contributed by atoms with Crippen molar-refractivity contribution in [3.05, 3.63) is 0 Å². The van der Waals surface area contributed by atoms with Gasteiger partial charge in [-0.05, 0) is 40.3 Å². The van der Waals surface area contributed by atoms with Crippen LogP contribution in [0.4, 0.5) is 0 Å². The predicted molar refractivity (Wildman–Crippen MR) is 82.5 cm³/mol. The van der Waals surface area contributed by atoms with Crippen molar-refractivity contribution >= 4 is 0 Å². The Bertz CT molecular complexity index is 284. The largest absolute Gasteiger partial charge is 0.377 e. The summed E-state index contributed by atoms with van der Waals surface area (Å²) in [7, 11) is 4.28. The van der Waals surface area contributed by atoms with Gasteiger partial charge in [-0.25, -0.2) is 0 Å². The molecule has 0 aromatic rings. The minimum atomic E-state index is 0.194. The average Bonchev–Trinajstić information content (AvgIpc) is 2.26. The Labute approximate surface area is 120 Å². The molecule has 0 bridgehead atoms. The molecule has 2 unspecified atom stereocenters. The van der Waals surface area contributed by atoms with Gasteiger partial charge in [0.1, 0.15) is 0 Å². The second kappa shape index (κ2) is 6.11. The Balaban J connectivity index is 2.39. The lowest BCUT2D eigenvalue weighted by Crippen LogP contribution is -2.63. The summed E-state index contributed by atoms with van der Waals surface area (Å²) in [6.45, 7) is 15.5. The first-order valence-corrected chi connectivity index (χ1v) is 7.59. The van der Waals surface area contributed by atoms with Crippen LogP contribution in [0.2, 0.25) is 0 Å². The third kappa shape index (κ3) is 4.17. The monoisotopic (exact) mass is 270 g/mol. The molecule has 1 rings (SSSR count). The predicted octanol–water partition coefficient (Wildman–Crippen LogP) is 2.76. The van der Waals surface area contributed by atoms with Crippen LogP contribution in [0.15, 0.2) is 0 Å². The molecule has 2 atom stereocenters. The van der Waals surface area contributed by atoms with E-state index in [1.165, 1.54) is 0 Å². The van der Waals surface area contributed by atoms with Crippen LogP contribution in [-0.2, 0) is 4.74 Å². The molecule has 1 N–H and O–H groups in total. The van der Waals surface area contributed by atoms with Crippen LogP contribution in [0.25, 0.3) is 0 Å². The topological polar surface area (TPSA) is 24.5 Å². The lowest BCUT2D eigenvalue weighted by molar-refractivity contribution is -0.125. The number of hydrogen-bond donors (Lipinski definition) is 1. The lowest BCUT2D eigenvalue weighted by Gasteiger charge is -2.53. The third-order valence-corrected chi connectivity index (χ3v) is 4.80. The first-order valence-electron chi connectivity index (χ1n) is 7.59. The van der Waals surface area contributed by atoms with Crippen molar-refractivity contribution in [2.75, 3.05) is 27.2 Å². The molecule has 19 heavy (non-hydrogen) atoms. The van der Waals surface area contributed by atoms with Crippen LogP contribution in [0.5, 0.6) is 0 Å². The standard InChI is InChI=1S/C16H34N2O/c1-12(2)10-19-14-9-13(16(14,5)6)17-11-15(3,4)18(7)8/h12-14,17H,9-11H2,1-8H3. The maximum atomic E-state index is 6.01. The minimum Gasteiger partial charge on any atom is -0.377 e. The van der Waals surface area contributed by atoms with Crippen molar-refractivity contribution in [2.24, 2.45) is 11.3 Å². The van der Waals surface area contributed by atoms with Gasteiger partial charge in [0.25, 0.3) is 0 Å². The molecular formula is C16H34N2O. The van der Waals surface area contributed by atoms with Gasteiger partial charge in [-0.15, -0.1) is 0 Å². The van der Waals surface area contributed by atoms with Gasteiger partial charge >= 0.3 is 0 Å². The van der Waals surface area contributed by atoms with Crippen molar-refractivity contribution in [1.82, 2.24) is 10.2 Å². The van der Waals surface area contributed by atoms with Crippen molar-refractivity contribution < 1.29 is 4.74 Å². The summed E-state index contributed by atoms with van der Waals surface area (Å²) in [5.74, 6) is 0.621. The summed E-state index contributed by atoms with van der Waals surface area (Å²) in [4.78, 5) is 2.28. The second-order valence-corrected chi connectivity index (χ2v) is 7.91. The summed E-state index contributed by atoms with van der Waals surface area (Å²) < 4.78 is 6.01. The number of likely N-dealkylation sites (N-methyl/N-ethyl adjacent to an activating group) is 1. The normalized spacial score (nSPS) is 26.8. The molecule has 0 heterocycles. The Morgan fingerprint density at radius 1 is 1.32 bits per heavy atom. The Morgan fingerprint density at radius 2 is 1.89 bits per heavy atom. The molecule has 0 saturated heterocycles. The van der Waals surface area contributed by atoms with E-state index in [1.54, 1.807) is 0 Å². The van der Waals surface area contributed by atoms with Gasteiger partial charge < -0.3 is 15.0 Å². The van der Waals surface area contributed by atoms with E-state index in [9.17, 15) is 0 Å². The zero-order valence-electron chi connectivity index (χ0n) is 14.2. The van der Waals surface area contributed by atoms with E-state index in [-0.39, 0.29) is 11.0 Å². The van der Waals surface area contributed by atoms with Crippen molar-refractivity contribution in [3.63, 3.8) is 0 Å². The highest BCUT2D eigenvalue weighted by Gasteiger charge is 2.49. The van der Waals surface area contributed by atoms with E-state index < -0.39 is 0 Å². The molecule has 3 heteroatoms. The van der Waals surface area contributed by atoms with E-state index in [1.807, 2.05) is 0 Å². The van der Waals surface area contributed by atoms with Gasteiger partial charge in [-0.3, -0.25) is 0 Å². The summed E-state index contributed by atoms with van der Waals surface area (Å²) in [6, 6.07) is 0.573. The maximum absolute atomic E-state index is 6.01. The van der Waals surface area contributed by atoms with Crippen LogP contribution < -0.4 is 5.32 Å². The fourth-order valence-electron chi connectivity index (χ4n) is 2.35. The van der Waals surface area contributed by atoms with Crippen LogP contribution in [0, 0.1) is 11.3 Å². The van der Waals surface area contributed by atoms with Crippen LogP contribution in [-0.4, -0.2) is 49.8 Å². The molecular weight excluding hydrogens is 236 g/mol. The van der Waals surface area contributed by atoms with Crippen LogP contribution in [0.3, 0.4) is 0 Å². The fourth-order valence-corrected chi connectivity index (χ4v) is 2.35. The molecule has 1 saturated carbocycles. The van der Waals surface area contributed by atoms with E-state index in [0.717, 1.165) is 19.6 Å². The molecule has 3 nitrogen and oxygen atoms in total. The quantitative estimate of drug-likeness (QED) is 0.770. The first kappa shape index (κ1) is 16.9. The lowest BCUT2D eigenvalue weighted by atomic mass is 9.64. The SMILES string of the molecule is CC(C)COC1CC(NCC(C)(C)N(C)C)C1(C)C. The summed E-state index contributed by atoms with van der Waals surface area (Å²) in [5.41, 5.74) is 0.442. The van der Waals surface area contributed by atoms with Crippen molar-refractivity contribution in [3.8, 4) is 0 Å². The smallest absolute Gasteiger partial charge is 0.0656 e. The van der Waals surface area contributed by atoms with E-state index >= 15 is 0 Å². The maximum Gasteiger partial charge on any atom is 0.0656 e. The highest BCUT2D eigenvalue weighted by atomic mass is 16.5. The molecule has 114 valence electrons. The number of ether oxygens (including phenoxy) is 1. The van der Waals surface area contributed by atoms with Gasteiger partial charge in [0.2, 0.25) is 0 Å². The van der Waals surface area contributed by atoms with Gasteiger partial charge in [-0.2, -0.15) is 0 Å². The molecule has 0 radical (unpaired) electrons. The Hall–Kier alpha value is -0.120. The van der Waals surface area contributed by atoms with Gasteiger partial charge in [-0.1, -0.05) is 27.7 Å². The highest BCUT2D eigenvalue weighted by molar-refractivity contribution is 5.03. The molecule has 0 aliphatic heterocycles. The summed E-state index contributed by atoms with van der Waals surface area (Å²) in [6.07, 6.45) is 1.55. The van der Waals surface area contributed by atoms with Gasteiger partial charge in [0.15, 0.2) is 0 Å². The summed E-state index contributed by atoms with van der Waals surface area (Å²) in [5, 5.41) is 3.73. The van der Waals surface area contributed by atoms with Gasteiger partial charge in [0, 0.05) is 30.1 Å². The van der Waals surface area contributed by atoms with E-state index in [0.29, 0.717) is 18.1 Å². The van der Waals surface area contributed by atoms with Gasteiger partial charge in [0.05, 0.1) is 6.10 Å². The Kier molecular flexibility index (Phi) is 5.44. The molecule has 0 amide bonds. The zero-order valence-corrected chi connectivity index (χ0v) is 14.2. The molecule has 0 aromatic carbocycles. The highest BCUT2D eigenvalue weighted by Crippen LogP contribution is 2.43. The fraction of sp³-hybridized carbons (Fsp3) is 1.00. The minimum absolute atomic E-state index is 0.194. The van der Waals surface area contributed by atoms with E-state index in [4.69, 9.17) is 4.74 Å². The number of rotatable bonds is 7. The second-order valence-electron chi connectivity index (χ2n) is 7.91. The number of nitrogens with zero attached hydrogens (tertiary/aromatic N) is 1. The molecule has 0 spiro atoms. The van der Waals surface area contributed by atoms with Crippen LogP contribution >= 0.6 is 0 Å². The van der Waals surface area contributed by atoms with Crippen molar-refractivity contribution in [2.45, 2.75) is 65.6 Å². The summed E-state index contributed by atoms with van der Waals surface area (Å²) >= 11 is 0. The van der Waals surface area contributed by atoms with Crippen LogP contribution in [0.1, 0.15) is 48.0 Å². The average molecular weight is 270 g/mol.